The minimum Gasteiger partial charge on any atom is -0.497 e. The van der Waals surface area contributed by atoms with Crippen LogP contribution in [0.4, 0.5) is 5.69 Å². The minimum absolute atomic E-state index is 0.231. The van der Waals surface area contributed by atoms with Gasteiger partial charge in [0.05, 0.1) is 17.6 Å². The van der Waals surface area contributed by atoms with Crippen molar-refractivity contribution in [1.82, 2.24) is 9.21 Å². The van der Waals surface area contributed by atoms with Crippen molar-refractivity contribution in [2.45, 2.75) is 24.8 Å². The fourth-order valence-corrected chi connectivity index (χ4v) is 6.08. The molecule has 7 nitrogen and oxygen atoms in total. The second kappa shape index (κ2) is 8.77. The molecule has 0 saturated carbocycles. The number of piperazine rings is 1. The minimum atomic E-state index is -3.57. The Morgan fingerprint density at radius 2 is 1.79 bits per heavy atom. The molecule has 0 aliphatic carbocycles. The second-order valence-corrected chi connectivity index (χ2v) is 10.5. The molecule has 8 heteroatoms. The van der Waals surface area contributed by atoms with Gasteiger partial charge >= 0.3 is 0 Å². The molecule has 2 aliphatic rings. The number of nitrogens with zero attached hydrogens (tertiary/aromatic N) is 3. The van der Waals surface area contributed by atoms with Crippen molar-refractivity contribution in [3.8, 4) is 17.2 Å². The number of fused-ring (bicyclic) bond motifs is 2. The molecule has 2 heterocycles. The molecule has 176 valence electrons. The summed E-state index contributed by atoms with van der Waals surface area (Å²) in [5, 5.41) is 0. The first kappa shape index (κ1) is 22.4. The molecule has 0 amide bonds. The van der Waals surface area contributed by atoms with Crippen molar-refractivity contribution in [1.29, 1.82) is 0 Å². The third-order valence-corrected chi connectivity index (χ3v) is 8.23. The zero-order valence-electron chi connectivity index (χ0n) is 19.4. The van der Waals surface area contributed by atoms with E-state index in [2.05, 4.69) is 4.90 Å². The number of benzene rings is 3. The molecule has 1 fully saturated rings. The third kappa shape index (κ3) is 4.03. The Balaban J connectivity index is 1.50. The van der Waals surface area contributed by atoms with E-state index >= 15 is 0 Å². The summed E-state index contributed by atoms with van der Waals surface area (Å²) in [4.78, 5) is 7.45. The maximum Gasteiger partial charge on any atom is 0.243 e. The van der Waals surface area contributed by atoms with E-state index in [0.717, 1.165) is 22.6 Å². The fraction of sp³-hybridized carbons (Fsp3) is 0.269. The largest absolute Gasteiger partial charge is 0.497 e. The first-order valence-electron chi connectivity index (χ1n) is 11.2. The summed E-state index contributed by atoms with van der Waals surface area (Å²) in [5.74, 6) is 2.81. The van der Waals surface area contributed by atoms with E-state index in [1.54, 1.807) is 35.7 Å². The van der Waals surface area contributed by atoms with Crippen molar-refractivity contribution in [2.24, 2.45) is 4.99 Å². The molecule has 1 saturated heterocycles. The van der Waals surface area contributed by atoms with E-state index in [9.17, 15) is 8.42 Å². The molecule has 0 bridgehead atoms. The molecule has 0 radical (unpaired) electrons. The van der Waals surface area contributed by atoms with Crippen molar-refractivity contribution in [2.75, 3.05) is 26.7 Å². The van der Waals surface area contributed by atoms with Crippen LogP contribution in [0.5, 0.6) is 17.2 Å². The van der Waals surface area contributed by atoms with Crippen LogP contribution in [0, 0.1) is 6.92 Å². The number of hydrogen-bond acceptors (Lipinski definition) is 6. The number of methoxy groups -OCH3 is 1. The highest BCUT2D eigenvalue weighted by Crippen LogP contribution is 2.40. The molecular formula is C26H27N3O4S. The molecule has 0 N–H and O–H groups in total. The van der Waals surface area contributed by atoms with Crippen LogP contribution in [-0.2, 0) is 10.0 Å². The topological polar surface area (TPSA) is 71.4 Å². The van der Waals surface area contributed by atoms with E-state index in [1.807, 2.05) is 56.3 Å². The smallest absolute Gasteiger partial charge is 0.243 e. The van der Waals surface area contributed by atoms with Crippen LogP contribution >= 0.6 is 0 Å². The predicted octanol–water partition coefficient (Wildman–Crippen LogP) is 4.58. The first-order chi connectivity index (χ1) is 16.4. The molecule has 5 rings (SSSR count). The lowest BCUT2D eigenvalue weighted by molar-refractivity contribution is 0.205. The highest BCUT2D eigenvalue weighted by Gasteiger charge is 2.36. The Morgan fingerprint density at radius 1 is 1.00 bits per heavy atom. The summed E-state index contributed by atoms with van der Waals surface area (Å²) in [6, 6.07) is 20.0. The third-order valence-electron chi connectivity index (χ3n) is 6.21. The Bertz CT molecular complexity index is 1360. The van der Waals surface area contributed by atoms with Crippen molar-refractivity contribution >= 4 is 21.5 Å². The summed E-state index contributed by atoms with van der Waals surface area (Å²) in [7, 11) is -1.95. The lowest BCUT2D eigenvalue weighted by Gasteiger charge is -2.40. The number of sulfonamides is 1. The lowest BCUT2D eigenvalue weighted by Crippen LogP contribution is -2.55. The monoisotopic (exact) mass is 477 g/mol. The van der Waals surface area contributed by atoms with Crippen LogP contribution in [0.1, 0.15) is 18.1 Å². The fourth-order valence-electron chi connectivity index (χ4n) is 4.45. The van der Waals surface area contributed by atoms with Crippen LogP contribution in [0.25, 0.3) is 0 Å². The number of aryl methyl sites for hydroxylation is 1. The van der Waals surface area contributed by atoms with Gasteiger partial charge in [-0.15, -0.1) is 0 Å². The van der Waals surface area contributed by atoms with E-state index in [4.69, 9.17) is 14.5 Å². The summed E-state index contributed by atoms with van der Waals surface area (Å²) < 4.78 is 39.8. The van der Waals surface area contributed by atoms with Gasteiger partial charge in [-0.3, -0.25) is 0 Å². The standard InChI is InChI=1S/C26H27N3O4S/c1-18-9-12-23-25(15-18)33-24-16-20(32-3)10-11-22(24)26(27-23)28-13-14-29(19(2)17-28)34(30,31)21-7-5-4-6-8-21/h4-12,15-16,19H,13-14,17H2,1-3H3. The summed E-state index contributed by atoms with van der Waals surface area (Å²) in [5.41, 5.74) is 2.67. The van der Waals surface area contributed by atoms with Gasteiger partial charge in [-0.05, 0) is 55.8 Å². The van der Waals surface area contributed by atoms with Gasteiger partial charge in [-0.25, -0.2) is 13.4 Å². The predicted molar refractivity (Wildman–Crippen MR) is 132 cm³/mol. The van der Waals surface area contributed by atoms with Gasteiger partial charge in [-0.1, -0.05) is 24.3 Å². The summed E-state index contributed by atoms with van der Waals surface area (Å²) >= 11 is 0. The number of aliphatic imine (C=N–C) groups is 1. The molecule has 1 atom stereocenters. The van der Waals surface area contributed by atoms with Gasteiger partial charge in [0.1, 0.15) is 23.0 Å². The maximum atomic E-state index is 13.2. The van der Waals surface area contributed by atoms with Crippen molar-refractivity contribution in [3.05, 3.63) is 77.9 Å². The first-order valence-corrected chi connectivity index (χ1v) is 12.7. The Morgan fingerprint density at radius 3 is 2.53 bits per heavy atom. The van der Waals surface area contributed by atoms with Crippen LogP contribution in [0.15, 0.2) is 76.6 Å². The Hall–Kier alpha value is -3.36. The Labute approximate surface area is 200 Å². The van der Waals surface area contributed by atoms with E-state index < -0.39 is 10.0 Å². The maximum absolute atomic E-state index is 13.2. The molecule has 3 aromatic carbocycles. The van der Waals surface area contributed by atoms with Gasteiger partial charge in [0, 0.05) is 31.7 Å². The zero-order valence-corrected chi connectivity index (χ0v) is 20.2. The lowest BCUT2D eigenvalue weighted by atomic mass is 10.1. The summed E-state index contributed by atoms with van der Waals surface area (Å²) in [6.45, 7) is 5.34. The van der Waals surface area contributed by atoms with Gasteiger partial charge in [-0.2, -0.15) is 4.31 Å². The molecule has 3 aromatic rings. The van der Waals surface area contributed by atoms with Crippen LogP contribution < -0.4 is 9.47 Å². The molecule has 34 heavy (non-hydrogen) atoms. The van der Waals surface area contributed by atoms with Crippen LogP contribution in [0.3, 0.4) is 0 Å². The highest BCUT2D eigenvalue weighted by molar-refractivity contribution is 7.89. The normalized spacial score (nSPS) is 18.3. The van der Waals surface area contributed by atoms with E-state index in [0.29, 0.717) is 41.8 Å². The molecular weight excluding hydrogens is 450 g/mol. The molecule has 0 aromatic heterocycles. The van der Waals surface area contributed by atoms with Crippen molar-refractivity contribution < 1.29 is 17.9 Å². The molecule has 2 aliphatic heterocycles. The van der Waals surface area contributed by atoms with Gasteiger partial charge in [0.15, 0.2) is 5.75 Å². The van der Waals surface area contributed by atoms with Crippen LogP contribution in [-0.4, -0.2) is 56.2 Å². The van der Waals surface area contributed by atoms with Gasteiger partial charge < -0.3 is 14.4 Å². The SMILES string of the molecule is COc1ccc2c(c1)Oc1cc(C)ccc1N=C2N1CCN(S(=O)(=O)c2ccccc2)C(C)C1. The average molecular weight is 478 g/mol. The molecule has 0 spiro atoms. The number of rotatable bonds is 3. The molecule has 1 unspecified atom stereocenters. The van der Waals surface area contributed by atoms with Gasteiger partial charge in [0.2, 0.25) is 10.0 Å². The van der Waals surface area contributed by atoms with E-state index in [1.165, 1.54) is 0 Å². The average Bonchev–Trinajstić information content (AvgIpc) is 3.00. The van der Waals surface area contributed by atoms with Gasteiger partial charge in [0.25, 0.3) is 0 Å². The number of amidine groups is 1. The Kier molecular flexibility index (Phi) is 5.79. The van der Waals surface area contributed by atoms with Crippen LogP contribution in [0.2, 0.25) is 0 Å². The second-order valence-electron chi connectivity index (χ2n) is 8.59. The summed E-state index contributed by atoms with van der Waals surface area (Å²) in [6.07, 6.45) is 0. The van der Waals surface area contributed by atoms with E-state index in [-0.39, 0.29) is 6.04 Å². The zero-order chi connectivity index (χ0) is 23.9. The number of ether oxygens (including phenoxy) is 2. The van der Waals surface area contributed by atoms with Crippen molar-refractivity contribution in [3.63, 3.8) is 0 Å². The highest BCUT2D eigenvalue weighted by atomic mass is 32.2. The number of hydrogen-bond donors (Lipinski definition) is 0. The quantitative estimate of drug-likeness (QED) is 0.552.